The van der Waals surface area contributed by atoms with E-state index in [4.69, 9.17) is 11.6 Å². The van der Waals surface area contributed by atoms with Gasteiger partial charge < -0.3 is 4.90 Å². The average molecular weight is 224 g/mol. The third-order valence-corrected chi connectivity index (χ3v) is 2.51. The van der Waals surface area contributed by atoms with Gasteiger partial charge >= 0.3 is 0 Å². The number of halogens is 1. The van der Waals surface area contributed by atoms with Crippen LogP contribution >= 0.6 is 11.6 Å². The summed E-state index contributed by atoms with van der Waals surface area (Å²) in [6.45, 7) is 0. The lowest BCUT2D eigenvalue weighted by Crippen LogP contribution is -2.08. The van der Waals surface area contributed by atoms with Gasteiger partial charge in [0.2, 0.25) is 0 Å². The molecule has 78 valence electrons. The first-order valence-corrected chi connectivity index (χ1v) is 4.81. The van der Waals surface area contributed by atoms with E-state index < -0.39 is 0 Å². The van der Waals surface area contributed by atoms with Crippen LogP contribution in [0.1, 0.15) is 10.5 Å². The van der Waals surface area contributed by atoms with E-state index in [1.807, 2.05) is 31.1 Å². The average Bonchev–Trinajstić information content (AvgIpc) is 2.51. The van der Waals surface area contributed by atoms with Gasteiger partial charge in [0, 0.05) is 32.0 Å². The molecule has 0 aliphatic rings. The summed E-state index contributed by atoms with van der Waals surface area (Å²) in [5.41, 5.74) is 2.08. The number of rotatable bonds is 2. The van der Waals surface area contributed by atoms with E-state index in [0.717, 1.165) is 5.69 Å². The van der Waals surface area contributed by atoms with Gasteiger partial charge in [0.1, 0.15) is 11.3 Å². The van der Waals surface area contributed by atoms with E-state index >= 15 is 0 Å². The zero-order valence-corrected chi connectivity index (χ0v) is 9.19. The minimum absolute atomic E-state index is 0.237. The second-order valence-corrected chi connectivity index (χ2v) is 3.77. The molecular weight excluding hydrogens is 214 g/mol. The van der Waals surface area contributed by atoms with Crippen LogP contribution in [0.2, 0.25) is 5.15 Å². The van der Waals surface area contributed by atoms with Crippen molar-refractivity contribution in [3.63, 3.8) is 0 Å². The fourth-order valence-electron chi connectivity index (χ4n) is 1.41. The summed E-state index contributed by atoms with van der Waals surface area (Å²) >= 11 is 5.82. The minimum atomic E-state index is 0.237. The van der Waals surface area contributed by atoms with E-state index in [1.54, 1.807) is 10.6 Å². The van der Waals surface area contributed by atoms with Crippen LogP contribution in [0.4, 0.5) is 5.69 Å². The number of carbonyl (C=O) groups is 1. The molecule has 4 nitrogen and oxygen atoms in total. The lowest BCUT2D eigenvalue weighted by molar-refractivity contribution is 0.111. The van der Waals surface area contributed by atoms with Gasteiger partial charge in [-0.25, -0.2) is 4.98 Å². The Kier molecular flexibility index (Phi) is 2.36. The van der Waals surface area contributed by atoms with Crippen molar-refractivity contribution < 1.29 is 4.79 Å². The van der Waals surface area contributed by atoms with Crippen LogP contribution in [-0.2, 0) is 0 Å². The van der Waals surface area contributed by atoms with Gasteiger partial charge in [-0.1, -0.05) is 11.6 Å². The number of anilines is 1. The van der Waals surface area contributed by atoms with E-state index in [9.17, 15) is 4.79 Å². The smallest absolute Gasteiger partial charge is 0.170 e. The highest BCUT2D eigenvalue weighted by atomic mass is 35.5. The van der Waals surface area contributed by atoms with E-state index in [-0.39, 0.29) is 5.15 Å². The first-order valence-electron chi connectivity index (χ1n) is 4.43. The monoisotopic (exact) mass is 223 g/mol. The summed E-state index contributed by atoms with van der Waals surface area (Å²) in [6.07, 6.45) is 2.49. The Morgan fingerprint density at radius 3 is 2.87 bits per heavy atom. The molecule has 0 N–H and O–H groups in total. The molecule has 0 aromatic carbocycles. The number of fused-ring (bicyclic) bond motifs is 1. The zero-order chi connectivity index (χ0) is 11.0. The second-order valence-electron chi connectivity index (χ2n) is 3.41. The van der Waals surface area contributed by atoms with Crippen LogP contribution in [0.3, 0.4) is 0 Å². The van der Waals surface area contributed by atoms with Gasteiger partial charge in [0.05, 0.1) is 0 Å². The Balaban J connectivity index is 2.69. The number of carbonyl (C=O) groups excluding carboxylic acids is 1. The van der Waals surface area contributed by atoms with Gasteiger partial charge in [0.25, 0.3) is 0 Å². The molecule has 0 saturated heterocycles. The lowest BCUT2D eigenvalue weighted by atomic mass is 10.3. The summed E-state index contributed by atoms with van der Waals surface area (Å²) in [7, 11) is 3.88. The Morgan fingerprint density at radius 1 is 1.53 bits per heavy atom. The quantitative estimate of drug-likeness (QED) is 0.730. The van der Waals surface area contributed by atoms with Crippen molar-refractivity contribution >= 4 is 29.2 Å². The molecule has 2 rings (SSSR count). The fraction of sp³-hybridized carbons (Fsp3) is 0.200. The molecule has 5 heteroatoms. The molecule has 0 amide bonds. The maximum Gasteiger partial charge on any atom is 0.170 e. The highest BCUT2D eigenvalue weighted by Gasteiger charge is 2.09. The van der Waals surface area contributed by atoms with Crippen molar-refractivity contribution in [3.8, 4) is 0 Å². The molecule has 0 saturated carbocycles. The third-order valence-electron chi connectivity index (χ3n) is 2.23. The zero-order valence-electron chi connectivity index (χ0n) is 8.44. The van der Waals surface area contributed by atoms with Crippen molar-refractivity contribution in [2.75, 3.05) is 19.0 Å². The lowest BCUT2D eigenvalue weighted by Gasteiger charge is -2.11. The molecule has 15 heavy (non-hydrogen) atoms. The molecule has 0 spiro atoms. The summed E-state index contributed by atoms with van der Waals surface area (Å²) < 4.78 is 1.67. The Hall–Kier alpha value is -1.55. The van der Waals surface area contributed by atoms with Crippen LogP contribution in [0.15, 0.2) is 18.3 Å². The van der Waals surface area contributed by atoms with Gasteiger partial charge in [0.15, 0.2) is 11.4 Å². The maximum atomic E-state index is 10.8. The first kappa shape index (κ1) is 9.98. The van der Waals surface area contributed by atoms with Crippen molar-refractivity contribution in [3.05, 3.63) is 29.2 Å². The van der Waals surface area contributed by atoms with Crippen molar-refractivity contribution in [2.24, 2.45) is 0 Å². The predicted octanol–water partition coefficient (Wildman–Crippen LogP) is 1.87. The maximum absolute atomic E-state index is 10.8. The van der Waals surface area contributed by atoms with Crippen molar-refractivity contribution in [1.29, 1.82) is 0 Å². The van der Waals surface area contributed by atoms with E-state index in [0.29, 0.717) is 17.6 Å². The number of pyridine rings is 1. The number of nitrogens with zero attached hydrogens (tertiary/aromatic N) is 3. The summed E-state index contributed by atoms with van der Waals surface area (Å²) in [4.78, 5) is 16.8. The molecule has 0 fully saturated rings. The van der Waals surface area contributed by atoms with Gasteiger partial charge in [-0.2, -0.15) is 0 Å². The van der Waals surface area contributed by atoms with E-state index in [2.05, 4.69) is 4.98 Å². The normalized spacial score (nSPS) is 10.6. The highest BCUT2D eigenvalue weighted by Crippen LogP contribution is 2.19. The molecule has 2 aromatic heterocycles. The fourth-order valence-corrected chi connectivity index (χ4v) is 1.63. The molecule has 2 aromatic rings. The summed E-state index contributed by atoms with van der Waals surface area (Å²) in [5, 5.41) is 0.237. The molecule has 0 aliphatic carbocycles. The van der Waals surface area contributed by atoms with Crippen LogP contribution in [0, 0.1) is 0 Å². The largest absolute Gasteiger partial charge is 0.378 e. The molecular formula is C10H10ClN3O. The van der Waals surface area contributed by atoms with Gasteiger partial charge in [-0.05, 0) is 6.07 Å². The SMILES string of the molecule is CN(C)c1ccn2c(C=O)c(Cl)nc2c1. The first-order chi connectivity index (χ1) is 7.13. The highest BCUT2D eigenvalue weighted by molar-refractivity contribution is 6.31. The minimum Gasteiger partial charge on any atom is -0.378 e. The van der Waals surface area contributed by atoms with Gasteiger partial charge in [-0.15, -0.1) is 0 Å². The number of hydrogen-bond acceptors (Lipinski definition) is 3. The van der Waals surface area contributed by atoms with E-state index in [1.165, 1.54) is 0 Å². The Labute approximate surface area is 92.1 Å². The summed E-state index contributed by atoms with van der Waals surface area (Å²) in [5.74, 6) is 0. The number of aldehydes is 1. The standard InChI is InChI=1S/C10H10ClN3O/c1-13(2)7-3-4-14-8(6-15)10(11)12-9(14)5-7/h3-6H,1-2H3. The number of imidazole rings is 1. The van der Waals surface area contributed by atoms with Crippen molar-refractivity contribution in [1.82, 2.24) is 9.38 Å². The van der Waals surface area contributed by atoms with Crippen LogP contribution < -0.4 is 4.90 Å². The number of aromatic nitrogens is 2. The number of hydrogen-bond donors (Lipinski definition) is 0. The summed E-state index contributed by atoms with van der Waals surface area (Å²) in [6, 6.07) is 3.77. The van der Waals surface area contributed by atoms with Crippen LogP contribution in [0.25, 0.3) is 5.65 Å². The Morgan fingerprint density at radius 2 is 2.27 bits per heavy atom. The third kappa shape index (κ3) is 1.57. The van der Waals surface area contributed by atoms with Crippen molar-refractivity contribution in [2.45, 2.75) is 0 Å². The van der Waals surface area contributed by atoms with Crippen LogP contribution in [-0.4, -0.2) is 29.8 Å². The molecule has 2 heterocycles. The second kappa shape index (κ2) is 3.55. The topological polar surface area (TPSA) is 37.6 Å². The molecule has 0 aliphatic heterocycles. The molecule has 0 bridgehead atoms. The molecule has 0 radical (unpaired) electrons. The predicted molar refractivity (Wildman–Crippen MR) is 59.9 cm³/mol. The Bertz CT molecular complexity index is 519. The molecule has 0 unspecified atom stereocenters. The molecule has 0 atom stereocenters. The van der Waals surface area contributed by atoms with Gasteiger partial charge in [-0.3, -0.25) is 9.20 Å². The van der Waals surface area contributed by atoms with Crippen LogP contribution in [0.5, 0.6) is 0 Å².